The van der Waals surface area contributed by atoms with Gasteiger partial charge in [0, 0.05) is 11.8 Å². The summed E-state index contributed by atoms with van der Waals surface area (Å²) in [4.78, 5) is 0. The van der Waals surface area contributed by atoms with Crippen LogP contribution in [0.2, 0.25) is 0 Å². The van der Waals surface area contributed by atoms with E-state index >= 15 is 0 Å². The van der Waals surface area contributed by atoms with E-state index in [0.29, 0.717) is 12.8 Å². The summed E-state index contributed by atoms with van der Waals surface area (Å²) in [5.74, 6) is -0.202. The summed E-state index contributed by atoms with van der Waals surface area (Å²) in [5, 5.41) is 0. The second kappa shape index (κ2) is 4.94. The molecule has 1 aliphatic carbocycles. The first-order chi connectivity index (χ1) is 6.21. The average molecular weight is 317 g/mol. The molecule has 0 aliphatic heterocycles. The van der Waals surface area contributed by atoms with E-state index in [0.717, 1.165) is 0 Å². The van der Waals surface area contributed by atoms with Crippen molar-refractivity contribution >= 4 is 69.6 Å². The zero-order valence-corrected chi connectivity index (χ0v) is 11.5. The molecule has 0 bridgehead atoms. The third-order valence-corrected chi connectivity index (χ3v) is 3.87. The van der Waals surface area contributed by atoms with Crippen LogP contribution in [0.4, 0.5) is 0 Å². The van der Waals surface area contributed by atoms with E-state index < -0.39 is 7.59 Å². The Bertz CT molecular complexity index is 161. The summed E-state index contributed by atoms with van der Waals surface area (Å²) in [6, 6.07) is 0. The van der Waals surface area contributed by atoms with Crippen molar-refractivity contribution in [1.29, 1.82) is 0 Å². The van der Waals surface area contributed by atoms with Gasteiger partial charge in [0.2, 0.25) is 0 Å². The molecule has 0 aromatic heterocycles. The van der Waals surface area contributed by atoms with Gasteiger partial charge in [-0.05, 0) is 25.7 Å². The van der Waals surface area contributed by atoms with Gasteiger partial charge < -0.3 is 0 Å². The van der Waals surface area contributed by atoms with E-state index in [2.05, 4.69) is 0 Å². The van der Waals surface area contributed by atoms with Gasteiger partial charge in [-0.15, -0.1) is 0 Å². The molecular formula is C8H8Cl6. The average Bonchev–Trinajstić information content (AvgIpc) is 2.01. The molecule has 0 nitrogen and oxygen atoms in total. The highest BCUT2D eigenvalue weighted by Crippen LogP contribution is 2.48. The topological polar surface area (TPSA) is 0 Å². The van der Waals surface area contributed by atoms with Crippen molar-refractivity contribution in [2.75, 3.05) is 0 Å². The quantitative estimate of drug-likeness (QED) is 0.541. The van der Waals surface area contributed by atoms with Gasteiger partial charge >= 0.3 is 0 Å². The van der Waals surface area contributed by atoms with E-state index in [-0.39, 0.29) is 11.8 Å². The molecule has 2 radical (unpaired) electrons. The maximum atomic E-state index is 5.75. The lowest BCUT2D eigenvalue weighted by molar-refractivity contribution is 0.434. The Labute approximate surface area is 114 Å². The van der Waals surface area contributed by atoms with Gasteiger partial charge in [-0.2, -0.15) is 0 Å². The highest BCUT2D eigenvalue weighted by Gasteiger charge is 2.41. The maximum Gasteiger partial charge on any atom is 0.193 e. The van der Waals surface area contributed by atoms with Crippen LogP contribution in [0.25, 0.3) is 0 Å². The Balaban J connectivity index is 2.47. The fraction of sp³-hybridized carbons (Fsp3) is 0.750. The summed E-state index contributed by atoms with van der Waals surface area (Å²) in [6.45, 7) is 0. The predicted octanol–water partition coefficient (Wildman–Crippen LogP) is 5.16. The molecular weight excluding hydrogens is 309 g/mol. The van der Waals surface area contributed by atoms with Crippen LogP contribution in [0.1, 0.15) is 12.8 Å². The van der Waals surface area contributed by atoms with Gasteiger partial charge in [0.25, 0.3) is 0 Å². The van der Waals surface area contributed by atoms with Crippen LogP contribution >= 0.6 is 69.6 Å². The van der Waals surface area contributed by atoms with Crippen LogP contribution in [0, 0.1) is 24.7 Å². The molecule has 1 rings (SSSR count). The zero-order valence-electron chi connectivity index (χ0n) is 6.99. The van der Waals surface area contributed by atoms with E-state index in [1.54, 1.807) is 0 Å². The molecule has 0 heterocycles. The van der Waals surface area contributed by atoms with Gasteiger partial charge in [0.05, 0.1) is 0 Å². The first-order valence-electron chi connectivity index (χ1n) is 4.01. The van der Waals surface area contributed by atoms with E-state index in [1.165, 1.54) is 0 Å². The Kier molecular flexibility index (Phi) is 4.87. The van der Waals surface area contributed by atoms with Crippen LogP contribution in [0.5, 0.6) is 0 Å². The Morgan fingerprint density at radius 1 is 0.714 bits per heavy atom. The highest BCUT2D eigenvalue weighted by atomic mass is 35.6. The normalized spacial score (nSPS) is 30.4. The Morgan fingerprint density at radius 3 is 1.14 bits per heavy atom. The number of halogens is 6. The largest absolute Gasteiger partial charge is 0.193 e. The molecule has 0 saturated heterocycles. The molecule has 6 heteroatoms. The number of hydrogen-bond donors (Lipinski definition) is 0. The molecule has 0 N–H and O–H groups in total. The summed E-state index contributed by atoms with van der Waals surface area (Å²) in [7, 11) is 0. The number of hydrogen-bond acceptors (Lipinski definition) is 0. The van der Waals surface area contributed by atoms with Crippen LogP contribution in [0.15, 0.2) is 0 Å². The second-order valence-corrected chi connectivity index (χ2v) is 7.98. The predicted molar refractivity (Wildman–Crippen MR) is 65.4 cm³/mol. The standard InChI is InChI=1S/C8H8Cl6/c9-7(10,11)5-1-2-6(4-3-5)8(12,13)14/h1,4-6H,2-3H2. The molecule has 14 heavy (non-hydrogen) atoms. The van der Waals surface area contributed by atoms with Crippen molar-refractivity contribution in [3.63, 3.8) is 0 Å². The fourth-order valence-corrected chi connectivity index (χ4v) is 2.42. The fourth-order valence-electron chi connectivity index (χ4n) is 1.35. The van der Waals surface area contributed by atoms with Gasteiger partial charge in [-0.1, -0.05) is 69.6 Å². The maximum absolute atomic E-state index is 5.75. The molecule has 2 unspecified atom stereocenters. The lowest BCUT2D eigenvalue weighted by Gasteiger charge is -2.34. The number of rotatable bonds is 0. The molecule has 1 aliphatic rings. The lowest BCUT2D eigenvalue weighted by atomic mass is 9.83. The molecule has 1 saturated carbocycles. The van der Waals surface area contributed by atoms with Crippen LogP contribution in [-0.2, 0) is 0 Å². The van der Waals surface area contributed by atoms with Crippen LogP contribution < -0.4 is 0 Å². The molecule has 0 aromatic rings. The first-order valence-corrected chi connectivity index (χ1v) is 6.28. The summed E-state index contributed by atoms with van der Waals surface area (Å²) < 4.78 is -2.54. The summed E-state index contributed by atoms with van der Waals surface area (Å²) >= 11 is 34.5. The van der Waals surface area contributed by atoms with Gasteiger partial charge in [-0.3, -0.25) is 0 Å². The Hall–Kier alpha value is 1.74. The molecule has 0 amide bonds. The van der Waals surface area contributed by atoms with E-state index in [9.17, 15) is 0 Å². The van der Waals surface area contributed by atoms with Gasteiger partial charge in [0.15, 0.2) is 7.59 Å². The lowest BCUT2D eigenvalue weighted by Crippen LogP contribution is -2.31. The monoisotopic (exact) mass is 314 g/mol. The molecule has 0 aromatic carbocycles. The number of alkyl halides is 6. The van der Waals surface area contributed by atoms with Crippen LogP contribution in [0.3, 0.4) is 0 Å². The smallest absolute Gasteiger partial charge is 0.0834 e. The molecule has 2 atom stereocenters. The SMILES string of the molecule is ClC(Cl)(Cl)C1[CH]CC(C(Cl)(Cl)Cl)[CH]C1. The minimum Gasteiger partial charge on any atom is -0.0834 e. The Morgan fingerprint density at radius 2 is 1.00 bits per heavy atom. The summed E-state index contributed by atoms with van der Waals surface area (Å²) in [6.07, 6.45) is 5.04. The highest BCUT2D eigenvalue weighted by molar-refractivity contribution is 6.68. The molecule has 0 spiro atoms. The third kappa shape index (κ3) is 3.96. The van der Waals surface area contributed by atoms with Crippen LogP contribution in [-0.4, -0.2) is 7.59 Å². The minimum absolute atomic E-state index is 0.101. The minimum atomic E-state index is -1.27. The molecule has 1 fully saturated rings. The van der Waals surface area contributed by atoms with E-state index in [4.69, 9.17) is 69.6 Å². The summed E-state index contributed by atoms with van der Waals surface area (Å²) in [5.41, 5.74) is 0. The first kappa shape index (κ1) is 13.8. The third-order valence-electron chi connectivity index (χ3n) is 2.19. The van der Waals surface area contributed by atoms with Crippen molar-refractivity contribution in [2.24, 2.45) is 11.8 Å². The van der Waals surface area contributed by atoms with Gasteiger partial charge in [-0.25, -0.2) is 0 Å². The van der Waals surface area contributed by atoms with Crippen molar-refractivity contribution < 1.29 is 0 Å². The van der Waals surface area contributed by atoms with Crippen molar-refractivity contribution in [3.05, 3.63) is 12.8 Å². The van der Waals surface area contributed by atoms with Crippen molar-refractivity contribution in [1.82, 2.24) is 0 Å². The van der Waals surface area contributed by atoms with Gasteiger partial charge in [0.1, 0.15) is 0 Å². The van der Waals surface area contributed by atoms with Crippen molar-refractivity contribution in [2.45, 2.75) is 20.4 Å². The van der Waals surface area contributed by atoms with Crippen molar-refractivity contribution in [3.8, 4) is 0 Å². The molecule has 82 valence electrons. The second-order valence-electron chi connectivity index (χ2n) is 3.24. The van der Waals surface area contributed by atoms with E-state index in [1.807, 2.05) is 12.8 Å². The zero-order chi connectivity index (χ0) is 11.0.